The van der Waals surface area contributed by atoms with E-state index in [4.69, 9.17) is 0 Å². The average Bonchev–Trinajstić information content (AvgIpc) is 2.68. The van der Waals surface area contributed by atoms with Crippen molar-refractivity contribution < 1.29 is 4.79 Å². The number of carbonyl (C=O) groups excluding carboxylic acids is 1. The zero-order valence-electron chi connectivity index (χ0n) is 5.68. The van der Waals surface area contributed by atoms with Crippen LogP contribution in [-0.2, 0) is 4.79 Å². The highest BCUT2D eigenvalue weighted by Crippen LogP contribution is 2.54. The molecule has 1 heterocycles. The Balaban J connectivity index is 1.97. The van der Waals surface area contributed by atoms with E-state index in [1.54, 1.807) is 0 Å². The minimum atomic E-state index is 0.121. The van der Waals surface area contributed by atoms with Gasteiger partial charge in [-0.15, -0.1) is 0 Å². The molecule has 0 bridgehead atoms. The van der Waals surface area contributed by atoms with Gasteiger partial charge in [0.05, 0.1) is 0 Å². The minimum Gasteiger partial charge on any atom is -0.326 e. The van der Waals surface area contributed by atoms with Crippen LogP contribution < -0.4 is 0 Å². The smallest absolute Gasteiger partial charge is 0.249 e. The number of hydrogen-bond donors (Lipinski definition) is 0. The fraction of sp³-hybridized carbons (Fsp3) is 0.857. The summed E-state index contributed by atoms with van der Waals surface area (Å²) >= 11 is 0. The largest absolute Gasteiger partial charge is 0.326 e. The van der Waals surface area contributed by atoms with Gasteiger partial charge in [-0.3, -0.25) is 4.79 Å². The van der Waals surface area contributed by atoms with Gasteiger partial charge in [-0.2, -0.15) is 0 Å². The van der Waals surface area contributed by atoms with E-state index in [9.17, 15) is 4.79 Å². The standard InChI is InChI=1S/C7H11NO/c1-2-5-8-6(9)7(8)3-4-7/h2-5H2,1H3. The molecule has 0 aromatic carbocycles. The molecule has 1 amide bonds. The zero-order chi connectivity index (χ0) is 6.48. The molecular formula is C7H11NO. The minimum absolute atomic E-state index is 0.121. The first-order chi connectivity index (χ1) is 4.31. The van der Waals surface area contributed by atoms with Crippen molar-refractivity contribution in [3.05, 3.63) is 0 Å². The van der Waals surface area contributed by atoms with E-state index in [1.807, 2.05) is 4.90 Å². The van der Waals surface area contributed by atoms with Crippen molar-refractivity contribution >= 4 is 5.91 Å². The molecule has 1 saturated heterocycles. The lowest BCUT2D eigenvalue weighted by molar-refractivity contribution is -0.114. The Morgan fingerprint density at radius 3 is 2.67 bits per heavy atom. The van der Waals surface area contributed by atoms with Gasteiger partial charge in [0.15, 0.2) is 0 Å². The molecule has 2 heteroatoms. The van der Waals surface area contributed by atoms with E-state index in [1.165, 1.54) is 0 Å². The molecule has 1 aliphatic heterocycles. The van der Waals surface area contributed by atoms with Crippen molar-refractivity contribution in [3.8, 4) is 0 Å². The first-order valence-corrected chi connectivity index (χ1v) is 3.63. The number of amides is 1. The Morgan fingerprint density at radius 1 is 1.67 bits per heavy atom. The van der Waals surface area contributed by atoms with Gasteiger partial charge >= 0.3 is 0 Å². The van der Waals surface area contributed by atoms with Gasteiger partial charge in [-0.1, -0.05) is 6.92 Å². The first kappa shape index (κ1) is 5.27. The molecule has 0 radical (unpaired) electrons. The van der Waals surface area contributed by atoms with Gasteiger partial charge in [-0.25, -0.2) is 0 Å². The molecule has 2 aliphatic rings. The maximum atomic E-state index is 10.9. The third kappa shape index (κ3) is 0.485. The van der Waals surface area contributed by atoms with Crippen molar-refractivity contribution in [3.63, 3.8) is 0 Å². The molecular weight excluding hydrogens is 114 g/mol. The lowest BCUT2D eigenvalue weighted by atomic mass is 10.4. The van der Waals surface area contributed by atoms with E-state index in [-0.39, 0.29) is 5.54 Å². The summed E-state index contributed by atoms with van der Waals surface area (Å²) in [4.78, 5) is 12.9. The predicted molar refractivity (Wildman–Crippen MR) is 34.0 cm³/mol. The van der Waals surface area contributed by atoms with Gasteiger partial charge in [0, 0.05) is 6.54 Å². The summed E-state index contributed by atoms with van der Waals surface area (Å²) in [5.74, 6) is 0.407. The molecule has 50 valence electrons. The number of hydrogen-bond acceptors (Lipinski definition) is 1. The normalized spacial score (nSPS) is 27.2. The molecule has 0 atom stereocenters. The Morgan fingerprint density at radius 2 is 2.33 bits per heavy atom. The second-order valence-corrected chi connectivity index (χ2v) is 2.99. The number of carbonyl (C=O) groups is 1. The zero-order valence-corrected chi connectivity index (χ0v) is 5.68. The summed E-state index contributed by atoms with van der Waals surface area (Å²) in [6.07, 6.45) is 3.37. The topological polar surface area (TPSA) is 20.1 Å². The lowest BCUT2D eigenvalue weighted by Gasteiger charge is -1.93. The van der Waals surface area contributed by atoms with Crippen LogP contribution in [0.25, 0.3) is 0 Å². The Hall–Kier alpha value is -0.530. The van der Waals surface area contributed by atoms with Crippen LogP contribution in [0.3, 0.4) is 0 Å². The van der Waals surface area contributed by atoms with Crippen LogP contribution in [0, 0.1) is 0 Å². The molecule has 1 saturated carbocycles. The average molecular weight is 125 g/mol. The number of nitrogens with zero attached hydrogens (tertiary/aromatic N) is 1. The summed E-state index contributed by atoms with van der Waals surface area (Å²) in [5, 5.41) is 0. The van der Waals surface area contributed by atoms with Crippen molar-refractivity contribution in [2.75, 3.05) is 6.54 Å². The summed E-state index contributed by atoms with van der Waals surface area (Å²) in [7, 11) is 0. The van der Waals surface area contributed by atoms with Crippen LogP contribution in [0.5, 0.6) is 0 Å². The highest BCUT2D eigenvalue weighted by atomic mass is 16.2. The Kier molecular flexibility index (Phi) is 0.765. The molecule has 2 nitrogen and oxygen atoms in total. The van der Waals surface area contributed by atoms with Gasteiger partial charge in [0.2, 0.25) is 5.91 Å². The van der Waals surface area contributed by atoms with Crippen molar-refractivity contribution in [2.24, 2.45) is 0 Å². The SMILES string of the molecule is CCCN1C(=O)C12CC2. The molecule has 2 fully saturated rings. The maximum absolute atomic E-state index is 10.9. The van der Waals surface area contributed by atoms with Gasteiger partial charge in [0.1, 0.15) is 5.54 Å². The van der Waals surface area contributed by atoms with Crippen molar-refractivity contribution in [1.29, 1.82) is 0 Å². The maximum Gasteiger partial charge on any atom is 0.249 e. The van der Waals surface area contributed by atoms with Crippen LogP contribution in [0.15, 0.2) is 0 Å². The quantitative estimate of drug-likeness (QED) is 0.499. The van der Waals surface area contributed by atoms with Crippen LogP contribution in [-0.4, -0.2) is 22.9 Å². The highest BCUT2D eigenvalue weighted by molar-refractivity contribution is 6.05. The summed E-state index contributed by atoms with van der Waals surface area (Å²) in [6, 6.07) is 0. The fourth-order valence-electron chi connectivity index (χ4n) is 1.49. The number of rotatable bonds is 2. The third-order valence-electron chi connectivity index (χ3n) is 2.28. The Bertz CT molecular complexity index is 160. The van der Waals surface area contributed by atoms with Crippen LogP contribution in [0.2, 0.25) is 0 Å². The summed E-state index contributed by atoms with van der Waals surface area (Å²) in [6.45, 7) is 3.10. The van der Waals surface area contributed by atoms with E-state index >= 15 is 0 Å². The molecule has 0 aromatic heterocycles. The molecule has 2 rings (SSSR count). The first-order valence-electron chi connectivity index (χ1n) is 3.63. The van der Waals surface area contributed by atoms with E-state index in [2.05, 4.69) is 6.92 Å². The van der Waals surface area contributed by atoms with Gasteiger partial charge in [0.25, 0.3) is 0 Å². The summed E-state index contributed by atoms with van der Waals surface area (Å²) < 4.78 is 0. The van der Waals surface area contributed by atoms with E-state index in [0.29, 0.717) is 5.91 Å². The molecule has 0 unspecified atom stereocenters. The lowest BCUT2D eigenvalue weighted by Crippen LogP contribution is -2.02. The van der Waals surface area contributed by atoms with Crippen LogP contribution >= 0.6 is 0 Å². The molecule has 0 aromatic rings. The van der Waals surface area contributed by atoms with Gasteiger partial charge < -0.3 is 4.90 Å². The molecule has 0 N–H and O–H groups in total. The second-order valence-electron chi connectivity index (χ2n) is 2.99. The second kappa shape index (κ2) is 1.31. The van der Waals surface area contributed by atoms with Crippen molar-refractivity contribution in [2.45, 2.75) is 31.7 Å². The van der Waals surface area contributed by atoms with E-state index < -0.39 is 0 Å². The fourth-order valence-corrected chi connectivity index (χ4v) is 1.49. The molecule has 9 heavy (non-hydrogen) atoms. The Labute approximate surface area is 54.8 Å². The van der Waals surface area contributed by atoms with Crippen LogP contribution in [0.1, 0.15) is 26.2 Å². The van der Waals surface area contributed by atoms with Crippen LogP contribution in [0.4, 0.5) is 0 Å². The molecule has 1 aliphatic carbocycles. The monoisotopic (exact) mass is 125 g/mol. The highest BCUT2D eigenvalue weighted by Gasteiger charge is 2.70. The van der Waals surface area contributed by atoms with Crippen molar-refractivity contribution in [1.82, 2.24) is 4.90 Å². The third-order valence-corrected chi connectivity index (χ3v) is 2.28. The van der Waals surface area contributed by atoms with Gasteiger partial charge in [-0.05, 0) is 19.3 Å². The predicted octanol–water partition coefficient (Wildman–Crippen LogP) is 0.771. The van der Waals surface area contributed by atoms with E-state index in [0.717, 1.165) is 25.8 Å². The molecule has 1 spiro atoms. The summed E-state index contributed by atoms with van der Waals surface area (Å²) in [5.41, 5.74) is 0.121.